The second-order valence-electron chi connectivity index (χ2n) is 13.7. The van der Waals surface area contributed by atoms with Gasteiger partial charge in [-0.2, -0.15) is 0 Å². The van der Waals surface area contributed by atoms with Gasteiger partial charge in [0.1, 0.15) is 5.92 Å². The van der Waals surface area contributed by atoms with Crippen molar-refractivity contribution < 1.29 is 24.4 Å². The van der Waals surface area contributed by atoms with Crippen molar-refractivity contribution in [1.82, 2.24) is 20.8 Å². The third-order valence-corrected chi connectivity index (χ3v) is 8.26. The van der Waals surface area contributed by atoms with Crippen molar-refractivity contribution in [1.29, 1.82) is 0 Å². The Hall–Kier alpha value is -5.68. The topological polar surface area (TPSA) is 162 Å². The van der Waals surface area contributed by atoms with Gasteiger partial charge in [0.2, 0.25) is 17.7 Å². The predicted molar refractivity (Wildman–Crippen MR) is 189 cm³/mol. The normalized spacial score (nSPS) is 11.7. The van der Waals surface area contributed by atoms with E-state index in [1.807, 2.05) is 52.0 Å². The number of hydrogen-bond acceptors (Lipinski definition) is 7. The van der Waals surface area contributed by atoms with E-state index in [2.05, 4.69) is 25.9 Å². The van der Waals surface area contributed by atoms with Crippen molar-refractivity contribution in [3.05, 3.63) is 108 Å². The molecule has 0 bridgehead atoms. The zero-order valence-electron chi connectivity index (χ0n) is 27.9. The van der Waals surface area contributed by atoms with Crippen molar-refractivity contribution in [2.24, 2.45) is 10.8 Å². The molecule has 11 nitrogen and oxygen atoms in total. The lowest BCUT2D eigenvalue weighted by molar-refractivity contribution is -0.131. The van der Waals surface area contributed by atoms with Gasteiger partial charge in [-0.1, -0.05) is 76.2 Å². The Morgan fingerprint density at radius 3 is 1.71 bits per heavy atom. The number of carbonyl (C=O) groups is 4. The monoisotopic (exact) mass is 660 g/mol. The van der Waals surface area contributed by atoms with E-state index in [1.54, 1.807) is 78.5 Å². The molecule has 11 heteroatoms. The summed E-state index contributed by atoms with van der Waals surface area (Å²) in [5, 5.41) is 19.3. The number of fused-ring (bicyclic) bond motifs is 2. The summed E-state index contributed by atoms with van der Waals surface area (Å²) >= 11 is 0. The van der Waals surface area contributed by atoms with E-state index in [4.69, 9.17) is 5.21 Å². The molecule has 5 aromatic rings. The third-order valence-electron chi connectivity index (χ3n) is 8.26. The summed E-state index contributed by atoms with van der Waals surface area (Å²) < 4.78 is 0. The molecule has 0 aliphatic heterocycles. The summed E-state index contributed by atoms with van der Waals surface area (Å²) in [7, 11) is 0. The number of pyridine rings is 2. The van der Waals surface area contributed by atoms with Crippen molar-refractivity contribution >= 4 is 56.8 Å². The van der Waals surface area contributed by atoms with Crippen LogP contribution in [-0.2, 0) is 14.4 Å². The average molecular weight is 661 g/mol. The minimum absolute atomic E-state index is 0.138. The van der Waals surface area contributed by atoms with E-state index in [1.165, 1.54) is 0 Å². The summed E-state index contributed by atoms with van der Waals surface area (Å²) in [6.07, 6.45) is 4.02. The van der Waals surface area contributed by atoms with Gasteiger partial charge < -0.3 is 16.0 Å². The summed E-state index contributed by atoms with van der Waals surface area (Å²) in [6, 6.07) is 24.6. The highest BCUT2D eigenvalue weighted by Crippen LogP contribution is 2.36. The highest BCUT2D eigenvalue weighted by molar-refractivity contribution is 6.17. The molecule has 2 aromatic heterocycles. The van der Waals surface area contributed by atoms with Crippen molar-refractivity contribution in [2.45, 2.75) is 46.5 Å². The molecule has 0 atom stereocenters. The molecular formula is C38H40N6O5. The van der Waals surface area contributed by atoms with Gasteiger partial charge in [-0.15, -0.1) is 0 Å². The van der Waals surface area contributed by atoms with Crippen LogP contribution in [0.3, 0.4) is 0 Å². The maximum atomic E-state index is 14.0. The summed E-state index contributed by atoms with van der Waals surface area (Å²) in [4.78, 5) is 61.6. The minimum atomic E-state index is -1.28. The average Bonchev–Trinajstić information content (AvgIpc) is 3.07. The van der Waals surface area contributed by atoms with Gasteiger partial charge in [-0.05, 0) is 59.2 Å². The molecule has 0 saturated carbocycles. The first-order valence-corrected chi connectivity index (χ1v) is 16.0. The van der Waals surface area contributed by atoms with Crippen LogP contribution in [0.5, 0.6) is 0 Å². The second kappa shape index (κ2) is 14.6. The van der Waals surface area contributed by atoms with E-state index in [9.17, 15) is 19.2 Å². The Labute approximate surface area is 284 Å². The highest BCUT2D eigenvalue weighted by Gasteiger charge is 2.32. The van der Waals surface area contributed by atoms with Crippen LogP contribution in [0.15, 0.2) is 97.3 Å². The Morgan fingerprint density at radius 2 is 1.20 bits per heavy atom. The van der Waals surface area contributed by atoms with Crippen LogP contribution in [0.1, 0.15) is 62.4 Å². The molecule has 252 valence electrons. The fourth-order valence-electron chi connectivity index (χ4n) is 6.39. The molecule has 0 radical (unpaired) electrons. The van der Waals surface area contributed by atoms with Crippen LogP contribution in [0.4, 0.5) is 11.4 Å². The first-order chi connectivity index (χ1) is 23.4. The van der Waals surface area contributed by atoms with Gasteiger partial charge in [0.25, 0.3) is 5.91 Å². The Kier molecular flexibility index (Phi) is 10.3. The maximum Gasteiger partial charge on any atom is 0.251 e. The number of nitrogens with one attached hydrogen (secondary N) is 4. The zero-order valence-corrected chi connectivity index (χ0v) is 27.9. The Balaban J connectivity index is 1.37. The summed E-state index contributed by atoms with van der Waals surface area (Å²) in [5.41, 5.74) is 3.76. The molecule has 5 N–H and O–H groups in total. The molecule has 0 aliphatic carbocycles. The molecule has 4 amide bonds. The number of hydroxylamine groups is 1. The van der Waals surface area contributed by atoms with Gasteiger partial charge >= 0.3 is 0 Å². The number of benzene rings is 3. The van der Waals surface area contributed by atoms with Crippen LogP contribution in [-0.4, -0.2) is 45.3 Å². The van der Waals surface area contributed by atoms with Gasteiger partial charge in [-0.3, -0.25) is 34.4 Å². The van der Waals surface area contributed by atoms with Gasteiger partial charge in [0.15, 0.2) is 0 Å². The molecule has 49 heavy (non-hydrogen) atoms. The number of para-hydroxylation sites is 2. The largest absolute Gasteiger partial charge is 0.352 e. The lowest BCUT2D eigenvalue weighted by Crippen LogP contribution is -2.38. The molecule has 0 spiro atoms. The van der Waals surface area contributed by atoms with Gasteiger partial charge in [0, 0.05) is 41.7 Å². The molecule has 0 saturated heterocycles. The van der Waals surface area contributed by atoms with Gasteiger partial charge in [0.05, 0.1) is 22.4 Å². The molecule has 5 rings (SSSR count). The van der Waals surface area contributed by atoms with E-state index in [-0.39, 0.29) is 17.7 Å². The molecular weight excluding hydrogens is 620 g/mol. The fourth-order valence-corrected chi connectivity index (χ4v) is 6.39. The fraction of sp³-hybridized carbons (Fsp3) is 0.263. The molecule has 0 unspecified atom stereocenters. The maximum absolute atomic E-state index is 14.0. The number of carbonyl (C=O) groups excluding carboxylic acids is 4. The minimum Gasteiger partial charge on any atom is -0.352 e. The lowest BCUT2D eigenvalue weighted by atomic mass is 9.73. The van der Waals surface area contributed by atoms with Crippen LogP contribution in [0, 0.1) is 10.8 Å². The third kappa shape index (κ3) is 8.62. The molecule has 0 aliphatic rings. The predicted octanol–water partition coefficient (Wildman–Crippen LogP) is 6.21. The van der Waals surface area contributed by atoms with Crippen molar-refractivity contribution in [3.63, 3.8) is 0 Å². The molecule has 3 aromatic carbocycles. The number of amides is 4. The van der Waals surface area contributed by atoms with Crippen molar-refractivity contribution in [2.75, 3.05) is 17.2 Å². The number of anilines is 2. The lowest BCUT2D eigenvalue weighted by Gasteiger charge is -2.34. The summed E-state index contributed by atoms with van der Waals surface area (Å²) in [6.45, 7) is 8.19. The van der Waals surface area contributed by atoms with Crippen LogP contribution >= 0.6 is 0 Å². The van der Waals surface area contributed by atoms with E-state index in [0.717, 1.165) is 10.8 Å². The molecule has 2 heterocycles. The molecule has 0 fully saturated rings. The number of nitrogens with zero attached hydrogens (tertiary/aromatic N) is 2. The highest BCUT2D eigenvalue weighted by atomic mass is 16.5. The Bertz CT molecular complexity index is 1900. The zero-order chi connectivity index (χ0) is 35.2. The van der Waals surface area contributed by atoms with E-state index in [0.29, 0.717) is 46.5 Å². The number of hydrogen-bond donors (Lipinski definition) is 5. The first-order valence-electron chi connectivity index (χ1n) is 16.0. The van der Waals surface area contributed by atoms with Crippen molar-refractivity contribution in [3.8, 4) is 0 Å². The SMILES string of the molecule is CC(C)(CNC(=O)c1ccc(C(C(=O)Nc2cccc3cccnc23)C(=O)Nc2cccc3cccnc23)cc1)CC(C)(C)CC(=O)NO. The second-order valence-corrected chi connectivity index (χ2v) is 13.7. The van der Waals surface area contributed by atoms with Crippen LogP contribution < -0.4 is 21.4 Å². The van der Waals surface area contributed by atoms with E-state index >= 15 is 0 Å². The van der Waals surface area contributed by atoms with Crippen LogP contribution in [0.25, 0.3) is 21.8 Å². The van der Waals surface area contributed by atoms with Gasteiger partial charge in [-0.25, -0.2) is 5.48 Å². The van der Waals surface area contributed by atoms with E-state index < -0.39 is 29.1 Å². The number of rotatable bonds is 12. The smallest absolute Gasteiger partial charge is 0.251 e. The quantitative estimate of drug-likeness (QED) is 0.0604. The first kappa shape index (κ1) is 34.6. The number of aromatic nitrogens is 2. The Morgan fingerprint density at radius 1 is 0.694 bits per heavy atom. The summed E-state index contributed by atoms with van der Waals surface area (Å²) in [5.74, 6) is -3.21. The van der Waals surface area contributed by atoms with Crippen LogP contribution in [0.2, 0.25) is 0 Å². The standard InChI is InChI=1S/C38H40N6O5/c1-37(2,21-30(45)44-49)22-38(3,4)23-41-34(46)27-17-15-24(16-18-27)31(35(47)42-28-13-5-9-25-11-7-19-39-32(25)28)36(48)43-29-14-6-10-26-12-8-20-40-33(26)29/h5-20,31,49H,21-23H2,1-4H3,(H,41,46)(H,42,47)(H,43,48)(H,44,45).